The second-order valence-corrected chi connectivity index (χ2v) is 6.99. The van der Waals surface area contributed by atoms with Gasteiger partial charge >= 0.3 is 5.97 Å². The molecule has 3 unspecified atom stereocenters. The van der Waals surface area contributed by atoms with Gasteiger partial charge in [-0.3, -0.25) is 4.79 Å². The van der Waals surface area contributed by atoms with Crippen LogP contribution in [0.4, 0.5) is 0 Å². The Morgan fingerprint density at radius 2 is 1.92 bits per heavy atom. The monoisotopic (exact) mass is 399 g/mol. The van der Waals surface area contributed by atoms with Crippen molar-refractivity contribution in [1.29, 1.82) is 0 Å². The van der Waals surface area contributed by atoms with E-state index in [9.17, 15) is 9.90 Å². The number of ether oxygens (including phenoxy) is 2. The van der Waals surface area contributed by atoms with Crippen molar-refractivity contribution in [3.8, 4) is 5.75 Å². The third-order valence-electron chi connectivity index (χ3n) is 4.46. The average Bonchev–Trinajstić information content (AvgIpc) is 3.14. The number of aromatic nitrogens is 1. The summed E-state index contributed by atoms with van der Waals surface area (Å²) in [7, 11) is 0. The number of aliphatic hydroxyl groups excluding tert-OH is 1. The lowest BCUT2D eigenvalue weighted by atomic mass is 9.80. The molecule has 26 heavy (non-hydrogen) atoms. The van der Waals surface area contributed by atoms with E-state index in [0.29, 0.717) is 22.2 Å². The van der Waals surface area contributed by atoms with Crippen molar-refractivity contribution in [2.75, 3.05) is 6.61 Å². The second-order valence-electron chi connectivity index (χ2n) is 6.15. The molecule has 2 rings (SSSR count). The van der Waals surface area contributed by atoms with Gasteiger partial charge in [-0.05, 0) is 50.6 Å². The number of aliphatic hydroxyl groups is 1. The number of nitrogens with zero attached hydrogens (tertiary/aromatic N) is 1. The first kappa shape index (κ1) is 20.6. The summed E-state index contributed by atoms with van der Waals surface area (Å²) < 4.78 is 12.8. The average molecular weight is 400 g/mol. The second kappa shape index (κ2) is 8.80. The van der Waals surface area contributed by atoms with Crippen LogP contribution in [0.1, 0.15) is 33.4 Å². The zero-order chi connectivity index (χ0) is 19.3. The van der Waals surface area contributed by atoms with Gasteiger partial charge in [-0.1, -0.05) is 30.1 Å². The molecule has 0 amide bonds. The van der Waals surface area contributed by atoms with Gasteiger partial charge in [0.1, 0.15) is 11.9 Å². The molecule has 3 atom stereocenters. The lowest BCUT2D eigenvalue weighted by molar-refractivity contribution is -0.170. The highest BCUT2D eigenvalue weighted by atomic mass is 35.5. The summed E-state index contributed by atoms with van der Waals surface area (Å²) in [5.74, 6) is -0.117. The molecular formula is C19H23Cl2NO4. The van der Waals surface area contributed by atoms with E-state index in [2.05, 4.69) is 0 Å². The van der Waals surface area contributed by atoms with Gasteiger partial charge in [0.25, 0.3) is 0 Å². The van der Waals surface area contributed by atoms with Crippen LogP contribution < -0.4 is 4.74 Å². The Morgan fingerprint density at radius 3 is 2.46 bits per heavy atom. The van der Waals surface area contributed by atoms with Crippen molar-refractivity contribution in [3.05, 3.63) is 52.8 Å². The largest absolute Gasteiger partial charge is 0.466 e. The quantitative estimate of drug-likeness (QED) is 0.652. The van der Waals surface area contributed by atoms with Gasteiger partial charge < -0.3 is 19.1 Å². The number of carbonyl (C=O) groups excluding carboxylic acids is 1. The van der Waals surface area contributed by atoms with Gasteiger partial charge in [-0.25, -0.2) is 0 Å². The summed E-state index contributed by atoms with van der Waals surface area (Å²) in [6.45, 7) is 5.45. The maximum Gasteiger partial charge on any atom is 0.314 e. The van der Waals surface area contributed by atoms with Gasteiger partial charge in [0.05, 0.1) is 17.0 Å². The molecule has 0 spiro atoms. The first-order valence-corrected chi connectivity index (χ1v) is 9.18. The smallest absolute Gasteiger partial charge is 0.314 e. The lowest BCUT2D eigenvalue weighted by Crippen LogP contribution is -2.47. The highest BCUT2D eigenvalue weighted by Crippen LogP contribution is 2.37. The van der Waals surface area contributed by atoms with E-state index in [4.69, 9.17) is 32.7 Å². The normalized spacial score (nSPS) is 15.8. The van der Waals surface area contributed by atoms with Crippen LogP contribution in [0.5, 0.6) is 5.75 Å². The van der Waals surface area contributed by atoms with Gasteiger partial charge in [-0.2, -0.15) is 0 Å². The van der Waals surface area contributed by atoms with E-state index >= 15 is 0 Å². The van der Waals surface area contributed by atoms with E-state index in [1.807, 2.05) is 6.92 Å². The zero-order valence-electron chi connectivity index (χ0n) is 15.0. The Kier molecular flexibility index (Phi) is 6.98. The van der Waals surface area contributed by atoms with Crippen LogP contribution in [-0.2, 0) is 9.53 Å². The van der Waals surface area contributed by atoms with Crippen LogP contribution in [0.15, 0.2) is 42.7 Å². The Labute approximate surface area is 163 Å². The molecule has 1 aromatic carbocycles. The fourth-order valence-corrected chi connectivity index (χ4v) is 3.04. The number of carbonyl (C=O) groups is 1. The molecule has 2 aromatic rings. The van der Waals surface area contributed by atoms with Crippen molar-refractivity contribution in [2.24, 2.45) is 5.41 Å². The SMILES string of the molecule is CCOC(=O)C(C)(CC)C(O)C(Oc1ccc(Cl)cc1Cl)n1cccc1. The van der Waals surface area contributed by atoms with Crippen molar-refractivity contribution >= 4 is 29.2 Å². The third kappa shape index (κ3) is 4.34. The molecular weight excluding hydrogens is 377 g/mol. The van der Waals surface area contributed by atoms with Crippen molar-refractivity contribution in [3.63, 3.8) is 0 Å². The molecule has 1 N–H and O–H groups in total. The predicted octanol–water partition coefficient (Wildman–Crippen LogP) is 4.71. The minimum atomic E-state index is -1.18. The van der Waals surface area contributed by atoms with Crippen LogP contribution in [0.25, 0.3) is 0 Å². The van der Waals surface area contributed by atoms with Gasteiger partial charge in [0.2, 0.25) is 6.23 Å². The summed E-state index contributed by atoms with van der Waals surface area (Å²) >= 11 is 12.1. The molecule has 1 heterocycles. The topological polar surface area (TPSA) is 60.7 Å². The van der Waals surface area contributed by atoms with Crippen LogP contribution in [0.2, 0.25) is 10.0 Å². The van der Waals surface area contributed by atoms with Crippen LogP contribution >= 0.6 is 23.2 Å². The Bertz CT molecular complexity index is 735. The molecule has 0 aliphatic rings. The first-order valence-electron chi connectivity index (χ1n) is 8.43. The zero-order valence-corrected chi connectivity index (χ0v) is 16.5. The molecule has 1 aromatic heterocycles. The summed E-state index contributed by atoms with van der Waals surface area (Å²) in [6.07, 6.45) is 1.82. The molecule has 0 bridgehead atoms. The van der Waals surface area contributed by atoms with E-state index in [1.165, 1.54) is 0 Å². The lowest BCUT2D eigenvalue weighted by Gasteiger charge is -2.36. The minimum Gasteiger partial charge on any atom is -0.466 e. The van der Waals surface area contributed by atoms with Gasteiger partial charge in [-0.15, -0.1) is 0 Å². The third-order valence-corrected chi connectivity index (χ3v) is 4.99. The predicted molar refractivity (Wildman–Crippen MR) is 102 cm³/mol. The van der Waals surface area contributed by atoms with Crippen molar-refractivity contribution < 1.29 is 19.4 Å². The minimum absolute atomic E-state index is 0.235. The number of halogens is 2. The summed E-state index contributed by atoms with van der Waals surface area (Å²) in [6, 6.07) is 8.44. The highest BCUT2D eigenvalue weighted by Gasteiger charge is 2.46. The maximum atomic E-state index is 12.5. The molecule has 0 aliphatic heterocycles. The molecule has 0 fully saturated rings. The molecule has 0 aliphatic carbocycles. The fourth-order valence-electron chi connectivity index (χ4n) is 2.59. The molecule has 0 saturated heterocycles. The van der Waals surface area contributed by atoms with E-state index in [1.54, 1.807) is 61.1 Å². The van der Waals surface area contributed by atoms with Gasteiger partial charge in [0, 0.05) is 17.4 Å². The fraction of sp³-hybridized carbons (Fsp3) is 0.421. The number of benzene rings is 1. The van der Waals surface area contributed by atoms with E-state index in [0.717, 1.165) is 0 Å². The number of hydrogen-bond donors (Lipinski definition) is 1. The van der Waals surface area contributed by atoms with Crippen molar-refractivity contribution in [1.82, 2.24) is 4.57 Å². The highest BCUT2D eigenvalue weighted by molar-refractivity contribution is 6.35. The van der Waals surface area contributed by atoms with Gasteiger partial charge in [0.15, 0.2) is 0 Å². The van der Waals surface area contributed by atoms with Crippen LogP contribution in [-0.4, -0.2) is 28.4 Å². The molecule has 0 radical (unpaired) electrons. The summed E-state index contributed by atoms with van der Waals surface area (Å²) in [5, 5.41) is 11.9. The van der Waals surface area contributed by atoms with Crippen molar-refractivity contribution in [2.45, 2.75) is 39.5 Å². The van der Waals surface area contributed by atoms with E-state index in [-0.39, 0.29) is 6.61 Å². The van der Waals surface area contributed by atoms with Crippen LogP contribution in [0.3, 0.4) is 0 Å². The van der Waals surface area contributed by atoms with Crippen LogP contribution in [0, 0.1) is 5.41 Å². The standard InChI is InChI=1S/C19H23Cl2NO4/c1-4-19(3,18(24)25-5-2)16(23)17(22-10-6-7-11-22)26-15-9-8-13(20)12-14(15)21/h6-12,16-17,23H,4-5H2,1-3H3. The molecule has 7 heteroatoms. The first-order chi connectivity index (χ1) is 12.3. The molecule has 5 nitrogen and oxygen atoms in total. The number of hydrogen-bond acceptors (Lipinski definition) is 4. The Morgan fingerprint density at radius 1 is 1.27 bits per heavy atom. The summed E-state index contributed by atoms with van der Waals surface area (Å²) in [4.78, 5) is 12.5. The maximum absolute atomic E-state index is 12.5. The number of esters is 1. The summed E-state index contributed by atoms with van der Waals surface area (Å²) in [5.41, 5.74) is -1.15. The van der Waals surface area contributed by atoms with E-state index < -0.39 is 23.7 Å². The molecule has 0 saturated carbocycles. The number of rotatable bonds is 8. The molecule has 142 valence electrons. The Balaban J connectivity index is 2.39. The Hall–Kier alpha value is -1.69.